The first kappa shape index (κ1) is 25.6. The van der Waals surface area contributed by atoms with Gasteiger partial charge in [0.25, 0.3) is 0 Å². The Hall–Kier alpha value is -3.47. The van der Waals surface area contributed by atoms with Gasteiger partial charge in [-0.25, -0.2) is 9.97 Å². The molecule has 0 spiro atoms. The number of hydrogen-bond donors (Lipinski definition) is 1. The molecule has 2 N–H and O–H groups in total. The van der Waals surface area contributed by atoms with Crippen LogP contribution in [0.3, 0.4) is 0 Å². The van der Waals surface area contributed by atoms with Crippen LogP contribution in [0.1, 0.15) is 14.4 Å². The Labute approximate surface area is 218 Å². The lowest BCUT2D eigenvalue weighted by Crippen LogP contribution is -2.50. The first-order chi connectivity index (χ1) is 17.3. The van der Waals surface area contributed by atoms with Crippen molar-refractivity contribution in [3.8, 4) is 0 Å². The molecule has 0 bridgehead atoms. The minimum absolute atomic E-state index is 0. The lowest BCUT2D eigenvalue weighted by Gasteiger charge is -2.37. The van der Waals surface area contributed by atoms with Crippen molar-refractivity contribution in [2.45, 2.75) is 17.9 Å². The van der Waals surface area contributed by atoms with Gasteiger partial charge in [-0.05, 0) is 71.9 Å². The molecule has 2 aromatic carbocycles. The molecular weight excluding hydrogens is 500 g/mol. The molecule has 1 fully saturated rings. The SMILES string of the molecule is C[C@H](C(=O)N1CCN(c2ccc(S(=O)[O-])cc2)CC1)n1ccc2ccc(Cl)cc21.Nc1ccncn1.[HH]. The van der Waals surface area contributed by atoms with Crippen LogP contribution in [0.4, 0.5) is 11.5 Å². The third kappa shape index (κ3) is 6.01. The highest BCUT2D eigenvalue weighted by Crippen LogP contribution is 2.25. The van der Waals surface area contributed by atoms with E-state index in [2.05, 4.69) is 14.9 Å². The van der Waals surface area contributed by atoms with Crippen molar-refractivity contribution in [1.29, 1.82) is 0 Å². The van der Waals surface area contributed by atoms with E-state index in [-0.39, 0.29) is 18.3 Å². The summed E-state index contributed by atoms with van der Waals surface area (Å²) >= 11 is 3.92. The van der Waals surface area contributed by atoms with E-state index in [1.54, 1.807) is 36.5 Å². The predicted molar refractivity (Wildman–Crippen MR) is 143 cm³/mol. The first-order valence-electron chi connectivity index (χ1n) is 11.3. The number of carbonyl (C=O) groups is 1. The summed E-state index contributed by atoms with van der Waals surface area (Å²) < 4.78 is 24.0. The van der Waals surface area contributed by atoms with E-state index in [0.717, 1.165) is 16.6 Å². The molecule has 0 saturated carbocycles. The Kier molecular flexibility index (Phi) is 8.19. The van der Waals surface area contributed by atoms with E-state index in [9.17, 15) is 13.6 Å². The lowest BCUT2D eigenvalue weighted by molar-refractivity contribution is -0.134. The van der Waals surface area contributed by atoms with E-state index in [1.807, 2.05) is 46.9 Å². The van der Waals surface area contributed by atoms with E-state index < -0.39 is 11.1 Å². The van der Waals surface area contributed by atoms with Gasteiger partial charge in [-0.3, -0.25) is 9.00 Å². The summed E-state index contributed by atoms with van der Waals surface area (Å²) in [7, 11) is 0. The summed E-state index contributed by atoms with van der Waals surface area (Å²) in [5.41, 5.74) is 7.12. The van der Waals surface area contributed by atoms with Gasteiger partial charge in [-0.1, -0.05) is 17.7 Å². The van der Waals surface area contributed by atoms with Crippen LogP contribution in [0.2, 0.25) is 5.02 Å². The third-order valence-corrected chi connectivity index (χ3v) is 6.94. The summed E-state index contributed by atoms with van der Waals surface area (Å²) in [6.07, 6.45) is 4.94. The maximum absolute atomic E-state index is 13.1. The minimum Gasteiger partial charge on any atom is -0.768 e. The maximum Gasteiger partial charge on any atom is 0.245 e. The minimum atomic E-state index is -2.22. The molecule has 0 aliphatic carbocycles. The molecule has 4 aromatic rings. The van der Waals surface area contributed by atoms with Crippen LogP contribution >= 0.6 is 11.6 Å². The molecule has 36 heavy (non-hydrogen) atoms. The largest absolute Gasteiger partial charge is 0.768 e. The second-order valence-corrected chi connectivity index (χ2v) is 9.65. The average Bonchev–Trinajstić information content (AvgIpc) is 3.32. The number of carbonyl (C=O) groups excluding carboxylic acids is 1. The molecular formula is C25H28ClN6O3S-. The fraction of sp³-hybridized carbons (Fsp3) is 0.240. The number of amides is 1. The van der Waals surface area contributed by atoms with Gasteiger partial charge in [0.05, 0.1) is 5.52 Å². The number of rotatable bonds is 4. The maximum atomic E-state index is 13.1. The monoisotopic (exact) mass is 527 g/mol. The highest BCUT2D eigenvalue weighted by Gasteiger charge is 2.26. The molecule has 1 saturated heterocycles. The van der Waals surface area contributed by atoms with Crippen molar-refractivity contribution in [2.75, 3.05) is 36.8 Å². The lowest BCUT2D eigenvalue weighted by atomic mass is 10.2. The number of piperazine rings is 1. The molecule has 5 rings (SSSR count). The summed E-state index contributed by atoms with van der Waals surface area (Å²) in [6, 6.07) is 15.8. The Morgan fingerprint density at radius 1 is 1.11 bits per heavy atom. The summed E-state index contributed by atoms with van der Waals surface area (Å²) in [6.45, 7) is 4.57. The van der Waals surface area contributed by atoms with Gasteiger partial charge in [-0.2, -0.15) is 0 Å². The van der Waals surface area contributed by atoms with Gasteiger partial charge >= 0.3 is 0 Å². The topological polar surface area (TPSA) is 120 Å². The zero-order chi connectivity index (χ0) is 25.7. The van der Waals surface area contributed by atoms with Crippen LogP contribution in [0.25, 0.3) is 10.9 Å². The second kappa shape index (κ2) is 11.5. The zero-order valence-corrected chi connectivity index (χ0v) is 21.2. The highest BCUT2D eigenvalue weighted by molar-refractivity contribution is 7.79. The summed E-state index contributed by atoms with van der Waals surface area (Å²) in [5.74, 6) is 0.592. The normalized spacial score (nSPS) is 15.2. The number of aromatic nitrogens is 3. The summed E-state index contributed by atoms with van der Waals surface area (Å²) in [4.78, 5) is 24.7. The molecule has 2 atom stereocenters. The zero-order valence-electron chi connectivity index (χ0n) is 19.7. The number of hydrogen-bond acceptors (Lipinski definition) is 7. The molecule has 1 aliphatic rings. The highest BCUT2D eigenvalue weighted by atomic mass is 35.5. The van der Waals surface area contributed by atoms with Gasteiger partial charge in [0.1, 0.15) is 18.2 Å². The standard InChI is InChI=1S/C21H22ClN3O3S.C4H5N3.H2/c1-15(25-9-8-16-2-3-17(22)14-20(16)25)21(26)24-12-10-23(11-13-24)18-4-6-19(7-5-18)29(27)28;5-4-1-2-6-3-7-4;/h2-9,14-15H,10-13H2,1H3,(H,27,28);1-3H,(H2,5,6,7);1H/p-1/t15-;;/m1../s1. The van der Waals surface area contributed by atoms with E-state index >= 15 is 0 Å². The number of anilines is 2. The molecule has 0 radical (unpaired) electrons. The molecule has 11 heteroatoms. The Bertz CT molecular complexity index is 1350. The number of halogens is 1. The van der Waals surface area contributed by atoms with Gasteiger partial charge in [0.2, 0.25) is 5.91 Å². The van der Waals surface area contributed by atoms with Crippen molar-refractivity contribution in [3.05, 3.63) is 78.3 Å². The predicted octanol–water partition coefficient (Wildman–Crippen LogP) is 3.75. The van der Waals surface area contributed by atoms with Crippen molar-refractivity contribution in [1.82, 2.24) is 19.4 Å². The van der Waals surface area contributed by atoms with E-state index in [0.29, 0.717) is 37.0 Å². The number of benzene rings is 2. The Morgan fingerprint density at radius 2 is 1.83 bits per heavy atom. The van der Waals surface area contributed by atoms with Crippen LogP contribution in [0, 0.1) is 0 Å². The Morgan fingerprint density at radius 3 is 2.42 bits per heavy atom. The van der Waals surface area contributed by atoms with Crippen LogP contribution in [0.5, 0.6) is 0 Å². The van der Waals surface area contributed by atoms with Gasteiger partial charge in [0.15, 0.2) is 0 Å². The number of nitrogens with two attached hydrogens (primary N) is 1. The van der Waals surface area contributed by atoms with Crippen molar-refractivity contribution in [3.63, 3.8) is 0 Å². The smallest absolute Gasteiger partial charge is 0.245 e. The van der Waals surface area contributed by atoms with Crippen molar-refractivity contribution >= 4 is 51.0 Å². The Balaban J connectivity index is 0.000000413. The number of fused-ring (bicyclic) bond motifs is 1. The molecule has 1 aliphatic heterocycles. The third-order valence-electron chi connectivity index (χ3n) is 6.05. The van der Waals surface area contributed by atoms with Crippen LogP contribution < -0.4 is 10.6 Å². The van der Waals surface area contributed by atoms with Crippen LogP contribution in [0.15, 0.2) is 78.2 Å². The molecule has 190 valence electrons. The van der Waals surface area contributed by atoms with Crippen LogP contribution in [-0.4, -0.2) is 60.3 Å². The molecule has 3 heterocycles. The van der Waals surface area contributed by atoms with Crippen LogP contribution in [-0.2, 0) is 15.9 Å². The average molecular weight is 528 g/mol. The fourth-order valence-corrected chi connectivity index (χ4v) is 4.62. The van der Waals surface area contributed by atoms with E-state index in [1.165, 1.54) is 6.33 Å². The first-order valence-corrected chi connectivity index (χ1v) is 12.8. The number of nitrogen functional groups attached to an aromatic ring is 1. The second-order valence-electron chi connectivity index (χ2n) is 8.28. The van der Waals surface area contributed by atoms with Gasteiger partial charge in [-0.15, -0.1) is 0 Å². The number of nitrogens with zero attached hydrogens (tertiary/aromatic N) is 5. The van der Waals surface area contributed by atoms with Crippen molar-refractivity contribution < 1.29 is 15.0 Å². The molecule has 2 aromatic heterocycles. The van der Waals surface area contributed by atoms with Gasteiger partial charge < -0.3 is 24.7 Å². The van der Waals surface area contributed by atoms with E-state index in [4.69, 9.17) is 17.3 Å². The quantitative estimate of drug-likeness (QED) is 0.401. The summed E-state index contributed by atoms with van der Waals surface area (Å²) in [5, 5.41) is 1.71. The molecule has 1 amide bonds. The molecule has 9 nitrogen and oxygen atoms in total. The van der Waals surface area contributed by atoms with Crippen molar-refractivity contribution in [2.24, 2.45) is 0 Å². The molecule has 1 unspecified atom stereocenters. The fourth-order valence-electron chi connectivity index (χ4n) is 4.10. The van der Waals surface area contributed by atoms with Gasteiger partial charge in [0, 0.05) is 55.6 Å².